The Labute approximate surface area is 136 Å². The van der Waals surface area contributed by atoms with Gasteiger partial charge in [-0.05, 0) is 42.7 Å². The third kappa shape index (κ3) is 4.74. The highest BCUT2D eigenvalue weighted by Crippen LogP contribution is 2.14. The molecule has 1 aromatic heterocycles. The number of likely N-dealkylation sites (N-methyl/N-ethyl adjacent to an activating group) is 1. The largest absolute Gasteiger partial charge is 0.334 e. The minimum Gasteiger partial charge on any atom is -0.334 e. The Kier molecular flexibility index (Phi) is 6.22. The highest BCUT2D eigenvalue weighted by Gasteiger charge is 2.11. The molecule has 4 nitrogen and oxygen atoms in total. The van der Waals surface area contributed by atoms with Crippen molar-refractivity contribution < 1.29 is 4.79 Å². The molecule has 0 bridgehead atoms. The first kappa shape index (κ1) is 16.3. The Morgan fingerprint density at radius 3 is 2.64 bits per heavy atom. The minimum absolute atomic E-state index is 0.0727. The van der Waals surface area contributed by atoms with Gasteiger partial charge in [-0.1, -0.05) is 29.8 Å². The van der Waals surface area contributed by atoms with Gasteiger partial charge in [-0.15, -0.1) is 0 Å². The van der Waals surface area contributed by atoms with E-state index in [4.69, 9.17) is 11.6 Å². The number of nitrogens with zero attached hydrogens (tertiary/aromatic N) is 2. The highest BCUT2D eigenvalue weighted by molar-refractivity contribution is 6.31. The highest BCUT2D eigenvalue weighted by atomic mass is 35.5. The molecule has 0 aliphatic rings. The molecule has 0 fully saturated rings. The summed E-state index contributed by atoms with van der Waals surface area (Å²) in [7, 11) is 0. The van der Waals surface area contributed by atoms with Crippen LogP contribution < -0.4 is 5.32 Å². The summed E-state index contributed by atoms with van der Waals surface area (Å²) < 4.78 is 0. The first-order chi connectivity index (χ1) is 10.7. The molecule has 1 aromatic carbocycles. The van der Waals surface area contributed by atoms with Gasteiger partial charge in [0.15, 0.2) is 0 Å². The number of nitrogens with one attached hydrogen (secondary N) is 1. The monoisotopic (exact) mass is 317 g/mol. The summed E-state index contributed by atoms with van der Waals surface area (Å²) in [6.45, 7) is 3.75. The molecule has 0 radical (unpaired) electrons. The molecule has 0 aliphatic carbocycles. The number of carbonyl (C=O) groups is 1. The van der Waals surface area contributed by atoms with Gasteiger partial charge in [-0.3, -0.25) is 4.98 Å². The number of carbonyl (C=O) groups excluding carboxylic acids is 1. The number of halogens is 1. The van der Waals surface area contributed by atoms with Gasteiger partial charge in [0.05, 0.1) is 0 Å². The van der Waals surface area contributed by atoms with Crippen LogP contribution in [0.5, 0.6) is 0 Å². The van der Waals surface area contributed by atoms with E-state index in [1.165, 1.54) is 5.56 Å². The predicted molar refractivity (Wildman–Crippen MR) is 88.9 cm³/mol. The lowest BCUT2D eigenvalue weighted by molar-refractivity contribution is 0.200. The van der Waals surface area contributed by atoms with E-state index in [0.717, 1.165) is 12.0 Å². The summed E-state index contributed by atoms with van der Waals surface area (Å²) in [6.07, 6.45) is 4.35. The Balaban J connectivity index is 1.85. The van der Waals surface area contributed by atoms with Crippen LogP contribution >= 0.6 is 11.6 Å². The van der Waals surface area contributed by atoms with E-state index in [0.29, 0.717) is 24.7 Å². The third-order valence-corrected chi connectivity index (χ3v) is 3.85. The molecule has 2 aromatic rings. The van der Waals surface area contributed by atoms with E-state index in [1.807, 2.05) is 43.3 Å². The summed E-state index contributed by atoms with van der Waals surface area (Å²) in [5.74, 6) is 0. The summed E-state index contributed by atoms with van der Waals surface area (Å²) in [5, 5.41) is 3.59. The molecular weight excluding hydrogens is 298 g/mol. The lowest BCUT2D eigenvalue weighted by Gasteiger charge is -2.21. The van der Waals surface area contributed by atoms with Crippen LogP contribution in [0.25, 0.3) is 0 Å². The minimum atomic E-state index is -0.0727. The summed E-state index contributed by atoms with van der Waals surface area (Å²) in [4.78, 5) is 18.0. The standard InChI is InChI=1S/C17H20ClN3O/c1-2-21(12-9-14-7-10-19-11-8-14)17(22)20-13-15-5-3-4-6-16(15)18/h3-8,10-11H,2,9,12-13H2,1H3,(H,20,22). The van der Waals surface area contributed by atoms with Gasteiger partial charge in [0.1, 0.15) is 0 Å². The Morgan fingerprint density at radius 2 is 1.95 bits per heavy atom. The van der Waals surface area contributed by atoms with Crippen molar-refractivity contribution in [2.75, 3.05) is 13.1 Å². The zero-order valence-corrected chi connectivity index (χ0v) is 13.4. The molecular formula is C17H20ClN3O. The van der Waals surface area contributed by atoms with Crippen molar-refractivity contribution in [2.45, 2.75) is 19.9 Å². The lowest BCUT2D eigenvalue weighted by Crippen LogP contribution is -2.40. The van der Waals surface area contributed by atoms with Crippen LogP contribution in [0.2, 0.25) is 5.02 Å². The van der Waals surface area contributed by atoms with Crippen molar-refractivity contribution in [1.82, 2.24) is 15.2 Å². The molecule has 0 unspecified atom stereocenters. The number of pyridine rings is 1. The van der Waals surface area contributed by atoms with E-state index in [1.54, 1.807) is 17.3 Å². The summed E-state index contributed by atoms with van der Waals surface area (Å²) >= 11 is 6.09. The van der Waals surface area contributed by atoms with Crippen molar-refractivity contribution in [3.05, 3.63) is 64.9 Å². The summed E-state index contributed by atoms with van der Waals surface area (Å²) in [6, 6.07) is 11.4. The van der Waals surface area contributed by atoms with E-state index in [9.17, 15) is 4.79 Å². The molecule has 2 rings (SSSR count). The summed E-state index contributed by atoms with van der Waals surface area (Å²) in [5.41, 5.74) is 2.09. The van der Waals surface area contributed by atoms with Gasteiger partial charge >= 0.3 is 6.03 Å². The number of hydrogen-bond acceptors (Lipinski definition) is 2. The number of benzene rings is 1. The number of rotatable bonds is 6. The number of amides is 2. The van der Waals surface area contributed by atoms with Crippen molar-refractivity contribution in [1.29, 1.82) is 0 Å². The predicted octanol–water partition coefficient (Wildman–Crippen LogP) is 3.51. The van der Waals surface area contributed by atoms with Gasteiger partial charge in [0.25, 0.3) is 0 Å². The number of aromatic nitrogens is 1. The fraction of sp³-hybridized carbons (Fsp3) is 0.294. The molecule has 5 heteroatoms. The second kappa shape index (κ2) is 8.39. The van der Waals surface area contributed by atoms with E-state index in [-0.39, 0.29) is 6.03 Å². The molecule has 0 saturated carbocycles. The Hall–Kier alpha value is -2.07. The fourth-order valence-corrected chi connectivity index (χ4v) is 2.34. The van der Waals surface area contributed by atoms with Crippen LogP contribution in [0, 0.1) is 0 Å². The molecule has 2 amide bonds. The van der Waals surface area contributed by atoms with Crippen molar-refractivity contribution in [3.8, 4) is 0 Å². The van der Waals surface area contributed by atoms with Gasteiger partial charge in [-0.25, -0.2) is 4.79 Å². The van der Waals surface area contributed by atoms with Crippen LogP contribution in [0.4, 0.5) is 4.79 Å². The molecule has 0 aliphatic heterocycles. The number of hydrogen-bond donors (Lipinski definition) is 1. The van der Waals surface area contributed by atoms with Crippen molar-refractivity contribution in [2.24, 2.45) is 0 Å². The van der Waals surface area contributed by atoms with Crippen LogP contribution in [0.1, 0.15) is 18.1 Å². The smallest absolute Gasteiger partial charge is 0.317 e. The Bertz CT molecular complexity index is 604. The zero-order valence-electron chi connectivity index (χ0n) is 12.6. The molecule has 0 saturated heterocycles. The average molecular weight is 318 g/mol. The van der Waals surface area contributed by atoms with Crippen LogP contribution in [-0.2, 0) is 13.0 Å². The Morgan fingerprint density at radius 1 is 1.23 bits per heavy atom. The van der Waals surface area contributed by atoms with Crippen molar-refractivity contribution >= 4 is 17.6 Å². The van der Waals surface area contributed by atoms with Gasteiger partial charge in [0, 0.05) is 37.1 Å². The maximum Gasteiger partial charge on any atom is 0.317 e. The third-order valence-electron chi connectivity index (χ3n) is 3.48. The first-order valence-electron chi connectivity index (χ1n) is 7.35. The van der Waals surface area contributed by atoms with Crippen LogP contribution in [-0.4, -0.2) is 29.0 Å². The van der Waals surface area contributed by atoms with Crippen LogP contribution in [0.15, 0.2) is 48.8 Å². The molecule has 116 valence electrons. The first-order valence-corrected chi connectivity index (χ1v) is 7.73. The molecule has 1 N–H and O–H groups in total. The van der Waals surface area contributed by atoms with E-state index < -0.39 is 0 Å². The zero-order chi connectivity index (χ0) is 15.8. The van der Waals surface area contributed by atoms with E-state index >= 15 is 0 Å². The van der Waals surface area contributed by atoms with E-state index in [2.05, 4.69) is 10.3 Å². The molecule has 0 spiro atoms. The maximum absolute atomic E-state index is 12.2. The van der Waals surface area contributed by atoms with Crippen LogP contribution in [0.3, 0.4) is 0 Å². The second-order valence-corrected chi connectivity index (χ2v) is 5.34. The molecule has 22 heavy (non-hydrogen) atoms. The fourth-order valence-electron chi connectivity index (χ4n) is 2.14. The lowest BCUT2D eigenvalue weighted by atomic mass is 10.2. The normalized spacial score (nSPS) is 10.3. The molecule has 0 atom stereocenters. The van der Waals surface area contributed by atoms with Gasteiger partial charge < -0.3 is 10.2 Å². The SMILES string of the molecule is CCN(CCc1ccncc1)C(=O)NCc1ccccc1Cl. The topological polar surface area (TPSA) is 45.2 Å². The van der Waals surface area contributed by atoms with Crippen molar-refractivity contribution in [3.63, 3.8) is 0 Å². The van der Waals surface area contributed by atoms with Gasteiger partial charge in [-0.2, -0.15) is 0 Å². The second-order valence-electron chi connectivity index (χ2n) is 4.94. The van der Waals surface area contributed by atoms with Gasteiger partial charge in [0.2, 0.25) is 0 Å². The quantitative estimate of drug-likeness (QED) is 0.886. The average Bonchev–Trinajstić information content (AvgIpc) is 2.55. The molecule has 1 heterocycles. The number of urea groups is 1. The maximum atomic E-state index is 12.2.